The van der Waals surface area contributed by atoms with E-state index >= 15 is 0 Å². The molecule has 0 aliphatic carbocycles. The molecule has 244 valence electrons. The second-order valence-corrected chi connectivity index (χ2v) is 13.1. The van der Waals surface area contributed by atoms with Gasteiger partial charge in [-0.25, -0.2) is 0 Å². The summed E-state index contributed by atoms with van der Waals surface area (Å²) in [5.74, 6) is 2.34. The van der Waals surface area contributed by atoms with E-state index in [0.29, 0.717) is 35.8 Å². The maximum atomic E-state index is 12.2. The highest BCUT2D eigenvalue weighted by molar-refractivity contribution is 7.99. The lowest BCUT2D eigenvalue weighted by molar-refractivity contribution is -0.145. The number of carbonyl (C=O) groups is 4. The molecule has 11 heteroatoms. The zero-order valence-electron chi connectivity index (χ0n) is 26.4. The Hall–Kier alpha value is -3.73. The minimum Gasteiger partial charge on any atom is -0.487 e. The molecule has 0 saturated carbocycles. The molecule has 2 aromatic rings. The first kappa shape index (κ1) is 34.1. The Morgan fingerprint density at radius 1 is 0.711 bits per heavy atom. The van der Waals surface area contributed by atoms with Gasteiger partial charge in [0.15, 0.2) is 0 Å². The summed E-state index contributed by atoms with van der Waals surface area (Å²) < 4.78 is 33.6. The third-order valence-corrected chi connectivity index (χ3v) is 8.82. The number of fused-ring (bicyclic) bond motifs is 2. The monoisotopic (exact) mass is 642 g/mol. The van der Waals surface area contributed by atoms with Crippen LogP contribution in [0.25, 0.3) is 0 Å². The Balaban J connectivity index is 1.04. The Labute approximate surface area is 268 Å². The van der Waals surface area contributed by atoms with Gasteiger partial charge in [0.25, 0.3) is 0 Å². The molecule has 0 saturated heterocycles. The van der Waals surface area contributed by atoms with Crippen molar-refractivity contribution in [3.8, 4) is 23.0 Å². The molecule has 2 aromatic carbocycles. The maximum absolute atomic E-state index is 12.2. The van der Waals surface area contributed by atoms with Crippen molar-refractivity contribution in [2.24, 2.45) is 0 Å². The molecule has 0 amide bonds. The summed E-state index contributed by atoms with van der Waals surface area (Å²) >= 11 is 1.51. The van der Waals surface area contributed by atoms with Crippen molar-refractivity contribution >= 4 is 35.6 Å². The van der Waals surface area contributed by atoms with Crippen LogP contribution in [0, 0.1) is 0 Å². The maximum Gasteiger partial charge on any atom is 0.308 e. The molecule has 0 N–H and O–H groups in total. The van der Waals surface area contributed by atoms with Crippen LogP contribution in [0.4, 0.5) is 0 Å². The van der Waals surface area contributed by atoms with Crippen molar-refractivity contribution in [1.29, 1.82) is 0 Å². The van der Waals surface area contributed by atoms with Gasteiger partial charge in [0.05, 0.1) is 26.1 Å². The molecular formula is C34H42O10S. The number of aryl methyl sites for hydroxylation is 2. The molecular weight excluding hydrogens is 600 g/mol. The van der Waals surface area contributed by atoms with Crippen molar-refractivity contribution in [1.82, 2.24) is 0 Å². The van der Waals surface area contributed by atoms with Crippen molar-refractivity contribution in [2.45, 2.75) is 90.3 Å². The van der Waals surface area contributed by atoms with Crippen molar-refractivity contribution in [2.75, 3.05) is 24.7 Å². The fourth-order valence-electron chi connectivity index (χ4n) is 5.26. The lowest BCUT2D eigenvalue weighted by Gasteiger charge is -2.35. The lowest BCUT2D eigenvalue weighted by atomic mass is 9.90. The van der Waals surface area contributed by atoms with Crippen LogP contribution in [0.5, 0.6) is 23.0 Å². The van der Waals surface area contributed by atoms with E-state index in [2.05, 4.69) is 0 Å². The number of hydrogen-bond acceptors (Lipinski definition) is 11. The first-order valence-electron chi connectivity index (χ1n) is 15.3. The third kappa shape index (κ3) is 10.7. The molecule has 0 fully saturated rings. The quantitative estimate of drug-likeness (QED) is 0.141. The molecule has 0 spiro atoms. The van der Waals surface area contributed by atoms with Gasteiger partial charge < -0.3 is 28.4 Å². The number of esters is 4. The van der Waals surface area contributed by atoms with E-state index in [9.17, 15) is 19.2 Å². The first-order valence-corrected chi connectivity index (χ1v) is 16.5. The van der Waals surface area contributed by atoms with E-state index in [4.69, 9.17) is 28.4 Å². The van der Waals surface area contributed by atoms with E-state index in [1.165, 1.54) is 25.6 Å². The van der Waals surface area contributed by atoms with Crippen LogP contribution >= 0.6 is 11.8 Å². The van der Waals surface area contributed by atoms with Crippen molar-refractivity contribution in [3.63, 3.8) is 0 Å². The van der Waals surface area contributed by atoms with Gasteiger partial charge >= 0.3 is 23.9 Å². The molecule has 2 aliphatic heterocycles. The number of benzene rings is 2. The first-order chi connectivity index (χ1) is 21.4. The van der Waals surface area contributed by atoms with E-state index in [-0.39, 0.29) is 49.9 Å². The van der Waals surface area contributed by atoms with E-state index in [1.807, 2.05) is 26.0 Å². The topological polar surface area (TPSA) is 124 Å². The van der Waals surface area contributed by atoms with Crippen LogP contribution in [0.1, 0.15) is 77.3 Å². The summed E-state index contributed by atoms with van der Waals surface area (Å²) in [5, 5.41) is 0. The Morgan fingerprint density at radius 2 is 1.13 bits per heavy atom. The predicted molar refractivity (Wildman–Crippen MR) is 168 cm³/mol. The summed E-state index contributed by atoms with van der Waals surface area (Å²) in [5.41, 5.74) is 1.07. The second-order valence-electron chi connectivity index (χ2n) is 11.9. The highest BCUT2D eigenvalue weighted by Crippen LogP contribution is 2.38. The highest BCUT2D eigenvalue weighted by atomic mass is 32.2. The molecule has 2 aliphatic rings. The molecule has 0 aromatic heterocycles. The standard InChI is InChI=1S/C34H42O10S/c1-23(35)41-27-5-7-29-25(21-27)9-13-33(3,43-29)15-17-39-31(37)11-19-45-20-12-32(38)40-18-16-34(4)14-10-26-22-28(42-24(2)36)6-8-30(26)44-34/h5-8,21-22H,9-20H2,1-4H3. The number of carbonyl (C=O) groups excluding carboxylic acids is 4. The summed E-state index contributed by atoms with van der Waals surface area (Å²) in [4.78, 5) is 46.8. The average Bonchev–Trinajstić information content (AvgIpc) is 2.96. The zero-order valence-corrected chi connectivity index (χ0v) is 27.3. The van der Waals surface area contributed by atoms with Gasteiger partial charge in [-0.05, 0) is 87.1 Å². The fraction of sp³-hybridized carbons (Fsp3) is 0.529. The largest absolute Gasteiger partial charge is 0.487 e. The van der Waals surface area contributed by atoms with Crippen LogP contribution in [0.15, 0.2) is 36.4 Å². The van der Waals surface area contributed by atoms with Crippen LogP contribution in [-0.4, -0.2) is 59.8 Å². The Kier molecular flexibility index (Phi) is 11.8. The SMILES string of the molecule is CC(=O)Oc1ccc2c(c1)CCC(C)(CCOC(=O)CCSCCC(=O)OCCC1(C)CCc3cc(OC(C)=O)ccc3O1)O2. The van der Waals surface area contributed by atoms with Gasteiger partial charge in [-0.1, -0.05) is 0 Å². The smallest absolute Gasteiger partial charge is 0.308 e. The normalized spacial score (nSPS) is 20.0. The number of ether oxygens (including phenoxy) is 6. The molecule has 4 rings (SSSR count). The fourth-order valence-corrected chi connectivity index (χ4v) is 6.09. The zero-order chi connectivity index (χ0) is 32.5. The van der Waals surface area contributed by atoms with Gasteiger partial charge in [-0.15, -0.1) is 0 Å². The van der Waals surface area contributed by atoms with Gasteiger partial charge in [-0.3, -0.25) is 19.2 Å². The Morgan fingerprint density at radius 3 is 1.53 bits per heavy atom. The van der Waals surface area contributed by atoms with Gasteiger partial charge in [0.2, 0.25) is 0 Å². The van der Waals surface area contributed by atoms with E-state index in [0.717, 1.165) is 48.3 Å². The van der Waals surface area contributed by atoms with Gasteiger partial charge in [0.1, 0.15) is 34.2 Å². The van der Waals surface area contributed by atoms with Gasteiger partial charge in [0, 0.05) is 38.2 Å². The van der Waals surface area contributed by atoms with Crippen LogP contribution < -0.4 is 18.9 Å². The molecule has 45 heavy (non-hydrogen) atoms. The minimum atomic E-state index is -0.452. The van der Waals surface area contributed by atoms with Crippen LogP contribution in [-0.2, 0) is 41.5 Å². The van der Waals surface area contributed by atoms with Crippen LogP contribution in [0.3, 0.4) is 0 Å². The van der Waals surface area contributed by atoms with Gasteiger partial charge in [-0.2, -0.15) is 11.8 Å². The molecule has 2 unspecified atom stereocenters. The molecule has 0 radical (unpaired) electrons. The van der Waals surface area contributed by atoms with E-state index < -0.39 is 11.2 Å². The average molecular weight is 643 g/mol. The molecule has 0 bridgehead atoms. The minimum absolute atomic E-state index is 0.261. The van der Waals surface area contributed by atoms with Crippen LogP contribution in [0.2, 0.25) is 0 Å². The molecule has 10 nitrogen and oxygen atoms in total. The number of hydrogen-bond donors (Lipinski definition) is 0. The molecule has 2 heterocycles. The van der Waals surface area contributed by atoms with Crippen molar-refractivity contribution in [3.05, 3.63) is 47.5 Å². The summed E-state index contributed by atoms with van der Waals surface area (Å²) in [6.07, 6.45) is 4.72. The summed E-state index contributed by atoms with van der Waals surface area (Å²) in [6, 6.07) is 10.7. The predicted octanol–water partition coefficient (Wildman–Crippen LogP) is 5.78. The number of rotatable bonds is 14. The lowest BCUT2D eigenvalue weighted by Crippen LogP contribution is -2.37. The third-order valence-electron chi connectivity index (χ3n) is 7.84. The second kappa shape index (κ2) is 15.5. The van der Waals surface area contributed by atoms with Crippen molar-refractivity contribution < 1.29 is 47.6 Å². The summed E-state index contributed by atoms with van der Waals surface area (Å²) in [6.45, 7) is 7.26. The molecule has 2 atom stereocenters. The van der Waals surface area contributed by atoms with E-state index in [1.54, 1.807) is 24.3 Å². The summed E-state index contributed by atoms with van der Waals surface area (Å²) in [7, 11) is 0. The number of thioether (sulfide) groups is 1. The highest BCUT2D eigenvalue weighted by Gasteiger charge is 2.33. The Bertz CT molecular complexity index is 1290.